The lowest BCUT2D eigenvalue weighted by Gasteiger charge is -2.37. The highest BCUT2D eigenvalue weighted by Gasteiger charge is 2.24. The second-order valence-corrected chi connectivity index (χ2v) is 6.33. The van der Waals surface area contributed by atoms with Crippen molar-refractivity contribution < 1.29 is 0 Å². The number of nitrogens with two attached hydrogens (primary N) is 1. The van der Waals surface area contributed by atoms with Crippen molar-refractivity contribution in [3.8, 4) is 0 Å². The van der Waals surface area contributed by atoms with Gasteiger partial charge in [0.25, 0.3) is 0 Å². The molecule has 1 aromatic carbocycles. The Balaban J connectivity index is 1.98. The minimum atomic E-state index is 0.690. The Hall–Kier alpha value is -0.130. The van der Waals surface area contributed by atoms with E-state index in [9.17, 15) is 0 Å². The van der Waals surface area contributed by atoms with Gasteiger partial charge in [-0.2, -0.15) is 0 Å². The Bertz CT molecular complexity index is 350. The summed E-state index contributed by atoms with van der Waals surface area (Å²) < 4.78 is 1.30. The van der Waals surface area contributed by atoms with E-state index < -0.39 is 0 Å². The molecule has 0 spiro atoms. The molecule has 1 aliphatic heterocycles. The van der Waals surface area contributed by atoms with Gasteiger partial charge < -0.3 is 5.73 Å². The van der Waals surface area contributed by atoms with Crippen molar-refractivity contribution in [3.05, 3.63) is 33.4 Å². The molecule has 2 atom stereocenters. The second-order valence-electron chi connectivity index (χ2n) is 5.08. The Kier molecular flexibility index (Phi) is 4.82. The molecule has 0 bridgehead atoms. The van der Waals surface area contributed by atoms with Gasteiger partial charge >= 0.3 is 0 Å². The maximum absolute atomic E-state index is 5.80. The number of benzene rings is 1. The molecule has 1 fully saturated rings. The van der Waals surface area contributed by atoms with Crippen LogP contribution in [-0.2, 0) is 6.54 Å². The fourth-order valence-corrected chi connectivity index (χ4v) is 2.86. The van der Waals surface area contributed by atoms with Gasteiger partial charge in [-0.05, 0) is 72.5 Å². The molecule has 2 nitrogen and oxygen atoms in total. The highest BCUT2D eigenvalue weighted by molar-refractivity contribution is 14.1. The predicted octanol–water partition coefficient (Wildman–Crippen LogP) is 2.85. The first-order valence-corrected chi connectivity index (χ1v) is 7.45. The van der Waals surface area contributed by atoms with Gasteiger partial charge in [0, 0.05) is 22.7 Å². The zero-order valence-electron chi connectivity index (χ0n) is 10.4. The minimum Gasteiger partial charge on any atom is -0.330 e. The fraction of sp³-hybridized carbons (Fsp3) is 0.571. The summed E-state index contributed by atoms with van der Waals surface area (Å²) in [5.41, 5.74) is 7.21. The van der Waals surface area contributed by atoms with Crippen LogP contribution in [-0.4, -0.2) is 24.0 Å². The molecule has 1 aromatic rings. The molecule has 1 aliphatic rings. The van der Waals surface area contributed by atoms with Crippen LogP contribution >= 0.6 is 22.6 Å². The molecule has 3 heteroatoms. The van der Waals surface area contributed by atoms with Crippen LogP contribution in [0, 0.1) is 9.49 Å². The summed E-state index contributed by atoms with van der Waals surface area (Å²) >= 11 is 2.35. The topological polar surface area (TPSA) is 29.3 Å². The predicted molar refractivity (Wildman–Crippen MR) is 80.8 cm³/mol. The molecular formula is C14H21IN2. The quantitative estimate of drug-likeness (QED) is 0.855. The number of halogens is 1. The lowest BCUT2D eigenvalue weighted by Crippen LogP contribution is -2.43. The van der Waals surface area contributed by atoms with E-state index in [2.05, 4.69) is 58.7 Å². The monoisotopic (exact) mass is 344 g/mol. The molecule has 1 heterocycles. The normalized spacial score (nSPS) is 26.1. The first-order valence-electron chi connectivity index (χ1n) is 6.37. The van der Waals surface area contributed by atoms with Crippen LogP contribution in [0.4, 0.5) is 0 Å². The molecular weight excluding hydrogens is 323 g/mol. The zero-order valence-corrected chi connectivity index (χ0v) is 12.6. The number of rotatable bonds is 3. The van der Waals surface area contributed by atoms with Crippen LogP contribution < -0.4 is 5.73 Å². The van der Waals surface area contributed by atoms with Crippen LogP contribution in [0.15, 0.2) is 24.3 Å². The van der Waals surface area contributed by atoms with E-state index in [1.165, 1.54) is 22.0 Å². The highest BCUT2D eigenvalue weighted by atomic mass is 127. The molecule has 2 unspecified atom stereocenters. The summed E-state index contributed by atoms with van der Waals surface area (Å²) in [4.78, 5) is 2.57. The summed E-state index contributed by atoms with van der Waals surface area (Å²) in [5.74, 6) is 0.690. The van der Waals surface area contributed by atoms with Gasteiger partial charge in [0.2, 0.25) is 0 Å². The number of nitrogens with zero attached hydrogens (tertiary/aromatic N) is 1. The van der Waals surface area contributed by atoms with Crippen LogP contribution in [0.2, 0.25) is 0 Å². The number of piperidine rings is 1. The summed E-state index contributed by atoms with van der Waals surface area (Å²) in [5, 5.41) is 0. The Morgan fingerprint density at radius 3 is 2.65 bits per heavy atom. The highest BCUT2D eigenvalue weighted by Crippen LogP contribution is 2.23. The molecule has 0 radical (unpaired) electrons. The van der Waals surface area contributed by atoms with Gasteiger partial charge in [-0.3, -0.25) is 4.90 Å². The third-order valence-electron chi connectivity index (χ3n) is 3.74. The van der Waals surface area contributed by atoms with Gasteiger partial charge in [0.05, 0.1) is 0 Å². The van der Waals surface area contributed by atoms with Crippen LogP contribution in [0.1, 0.15) is 25.3 Å². The van der Waals surface area contributed by atoms with Crippen molar-refractivity contribution in [2.45, 2.75) is 32.4 Å². The average Bonchev–Trinajstić information content (AvgIpc) is 2.35. The van der Waals surface area contributed by atoms with E-state index >= 15 is 0 Å². The zero-order chi connectivity index (χ0) is 12.3. The molecule has 0 aromatic heterocycles. The molecule has 1 saturated heterocycles. The van der Waals surface area contributed by atoms with E-state index in [4.69, 9.17) is 5.73 Å². The summed E-state index contributed by atoms with van der Waals surface area (Å²) in [6.45, 7) is 5.38. The molecule has 0 aliphatic carbocycles. The molecule has 2 N–H and O–H groups in total. The fourth-order valence-electron chi connectivity index (χ4n) is 2.50. The maximum atomic E-state index is 5.80. The Labute approximate surface area is 118 Å². The SMILES string of the molecule is CC1CCC(CN)CN1Cc1ccc(I)cc1. The standard InChI is InChI=1S/C14H21IN2/c1-11-2-3-13(8-16)10-17(11)9-12-4-6-14(15)7-5-12/h4-7,11,13H,2-3,8-10,16H2,1H3. The van der Waals surface area contributed by atoms with E-state index in [0.29, 0.717) is 12.0 Å². The summed E-state index contributed by atoms with van der Waals surface area (Å²) in [6.07, 6.45) is 2.58. The first-order chi connectivity index (χ1) is 8.19. The third-order valence-corrected chi connectivity index (χ3v) is 4.46. The third kappa shape index (κ3) is 3.66. The molecule has 0 saturated carbocycles. The lowest BCUT2D eigenvalue weighted by molar-refractivity contribution is 0.113. The van der Waals surface area contributed by atoms with Crippen molar-refractivity contribution >= 4 is 22.6 Å². The van der Waals surface area contributed by atoms with Crippen molar-refractivity contribution in [2.24, 2.45) is 11.7 Å². The van der Waals surface area contributed by atoms with E-state index in [0.717, 1.165) is 19.6 Å². The molecule has 2 rings (SSSR count). The number of hydrogen-bond acceptors (Lipinski definition) is 2. The molecule has 94 valence electrons. The van der Waals surface area contributed by atoms with Crippen molar-refractivity contribution in [2.75, 3.05) is 13.1 Å². The summed E-state index contributed by atoms with van der Waals surface area (Å²) in [6, 6.07) is 9.54. The Morgan fingerprint density at radius 2 is 2.00 bits per heavy atom. The Morgan fingerprint density at radius 1 is 1.29 bits per heavy atom. The average molecular weight is 344 g/mol. The van der Waals surface area contributed by atoms with E-state index in [1.54, 1.807) is 0 Å². The van der Waals surface area contributed by atoms with Crippen molar-refractivity contribution in [1.29, 1.82) is 0 Å². The van der Waals surface area contributed by atoms with Gasteiger partial charge in [-0.1, -0.05) is 12.1 Å². The second kappa shape index (κ2) is 6.16. The molecule has 17 heavy (non-hydrogen) atoms. The number of likely N-dealkylation sites (tertiary alicyclic amines) is 1. The first kappa shape index (κ1) is 13.3. The lowest BCUT2D eigenvalue weighted by atomic mass is 9.93. The van der Waals surface area contributed by atoms with Gasteiger partial charge in [-0.25, -0.2) is 0 Å². The summed E-state index contributed by atoms with van der Waals surface area (Å²) in [7, 11) is 0. The minimum absolute atomic E-state index is 0.690. The number of hydrogen-bond donors (Lipinski definition) is 1. The molecule has 0 amide bonds. The van der Waals surface area contributed by atoms with Crippen LogP contribution in [0.25, 0.3) is 0 Å². The smallest absolute Gasteiger partial charge is 0.0236 e. The van der Waals surface area contributed by atoms with E-state index in [-0.39, 0.29) is 0 Å². The van der Waals surface area contributed by atoms with Crippen LogP contribution in [0.5, 0.6) is 0 Å². The van der Waals surface area contributed by atoms with Crippen molar-refractivity contribution in [3.63, 3.8) is 0 Å². The van der Waals surface area contributed by atoms with Crippen molar-refractivity contribution in [1.82, 2.24) is 4.90 Å². The van der Waals surface area contributed by atoms with E-state index in [1.807, 2.05) is 0 Å². The maximum Gasteiger partial charge on any atom is 0.0236 e. The largest absolute Gasteiger partial charge is 0.330 e. The van der Waals surface area contributed by atoms with Gasteiger partial charge in [-0.15, -0.1) is 0 Å². The van der Waals surface area contributed by atoms with Crippen LogP contribution in [0.3, 0.4) is 0 Å². The van der Waals surface area contributed by atoms with Gasteiger partial charge in [0.1, 0.15) is 0 Å². The van der Waals surface area contributed by atoms with Gasteiger partial charge in [0.15, 0.2) is 0 Å².